The molecule has 0 spiro atoms. The van der Waals surface area contributed by atoms with Crippen LogP contribution in [0.15, 0.2) is 36.4 Å². The van der Waals surface area contributed by atoms with Crippen molar-refractivity contribution in [3.8, 4) is 0 Å². The lowest BCUT2D eigenvalue weighted by atomic mass is 10.0. The third kappa shape index (κ3) is 3.50. The molecule has 0 saturated heterocycles. The van der Waals surface area contributed by atoms with Crippen molar-refractivity contribution in [3.63, 3.8) is 0 Å². The first-order valence-electron chi connectivity index (χ1n) is 5.19. The van der Waals surface area contributed by atoms with Gasteiger partial charge < -0.3 is 10.1 Å². The van der Waals surface area contributed by atoms with E-state index in [1.807, 2.05) is 14.0 Å². The zero-order valence-electron chi connectivity index (χ0n) is 9.66. The average molecular weight is 205 g/mol. The highest BCUT2D eigenvalue weighted by Crippen LogP contribution is 2.16. The molecular formula is C13H19NO. The highest BCUT2D eigenvalue weighted by Gasteiger charge is 2.04. The van der Waals surface area contributed by atoms with Crippen molar-refractivity contribution in [2.45, 2.75) is 19.6 Å². The van der Waals surface area contributed by atoms with E-state index in [4.69, 9.17) is 4.74 Å². The number of benzene rings is 1. The van der Waals surface area contributed by atoms with Crippen molar-refractivity contribution in [1.29, 1.82) is 0 Å². The maximum atomic E-state index is 5.12. The van der Waals surface area contributed by atoms with E-state index in [1.165, 1.54) is 11.1 Å². The summed E-state index contributed by atoms with van der Waals surface area (Å²) in [4.78, 5) is 0. The van der Waals surface area contributed by atoms with Crippen molar-refractivity contribution >= 4 is 0 Å². The summed E-state index contributed by atoms with van der Waals surface area (Å²) in [5, 5.41) is 3.26. The molecule has 82 valence electrons. The Kier molecular flexibility index (Phi) is 5.08. The van der Waals surface area contributed by atoms with Crippen LogP contribution in [-0.4, -0.2) is 14.2 Å². The average Bonchev–Trinajstić information content (AvgIpc) is 2.27. The first kappa shape index (κ1) is 12.0. The summed E-state index contributed by atoms with van der Waals surface area (Å²) in [5.41, 5.74) is 2.48. The van der Waals surface area contributed by atoms with E-state index in [9.17, 15) is 0 Å². The molecule has 1 rings (SSSR count). The van der Waals surface area contributed by atoms with Crippen LogP contribution in [0.1, 0.15) is 24.1 Å². The highest BCUT2D eigenvalue weighted by atomic mass is 16.5. The van der Waals surface area contributed by atoms with E-state index in [0.717, 1.165) is 0 Å². The van der Waals surface area contributed by atoms with Gasteiger partial charge in [0.15, 0.2) is 0 Å². The normalized spacial score (nSPS) is 13.3. The molecule has 0 aliphatic heterocycles. The Balaban J connectivity index is 2.87. The first-order valence-corrected chi connectivity index (χ1v) is 5.19. The van der Waals surface area contributed by atoms with Crippen molar-refractivity contribution in [3.05, 3.63) is 47.5 Å². The van der Waals surface area contributed by atoms with Crippen LogP contribution >= 0.6 is 0 Å². The molecule has 2 heteroatoms. The molecule has 0 aliphatic carbocycles. The van der Waals surface area contributed by atoms with Gasteiger partial charge in [0, 0.05) is 7.11 Å². The van der Waals surface area contributed by atoms with Gasteiger partial charge in [-0.1, -0.05) is 36.4 Å². The van der Waals surface area contributed by atoms with Gasteiger partial charge in [0.25, 0.3) is 0 Å². The van der Waals surface area contributed by atoms with Gasteiger partial charge in [-0.3, -0.25) is 0 Å². The molecule has 1 atom stereocenters. The molecule has 1 aromatic rings. The molecule has 15 heavy (non-hydrogen) atoms. The first-order chi connectivity index (χ1) is 7.31. The van der Waals surface area contributed by atoms with E-state index in [2.05, 4.69) is 41.7 Å². The largest absolute Gasteiger partial charge is 0.380 e. The molecule has 2 nitrogen and oxygen atoms in total. The van der Waals surface area contributed by atoms with Crippen molar-refractivity contribution < 1.29 is 4.74 Å². The zero-order chi connectivity index (χ0) is 11.1. The number of hydrogen-bond acceptors (Lipinski definition) is 2. The number of nitrogens with one attached hydrogen (secondary N) is 1. The maximum absolute atomic E-state index is 5.12. The summed E-state index contributed by atoms with van der Waals surface area (Å²) in [5.74, 6) is 0. The molecule has 0 aliphatic rings. The van der Waals surface area contributed by atoms with E-state index < -0.39 is 0 Å². The predicted octanol–water partition coefficient (Wildman–Crippen LogP) is 2.67. The second kappa shape index (κ2) is 6.38. The molecule has 1 aromatic carbocycles. The Labute approximate surface area is 92.0 Å². The molecule has 0 saturated carbocycles. The fourth-order valence-electron chi connectivity index (χ4n) is 1.61. The van der Waals surface area contributed by atoms with Crippen LogP contribution in [0.2, 0.25) is 0 Å². The fourth-order valence-corrected chi connectivity index (χ4v) is 1.61. The van der Waals surface area contributed by atoms with Gasteiger partial charge in [-0.05, 0) is 25.1 Å². The van der Waals surface area contributed by atoms with Gasteiger partial charge >= 0.3 is 0 Å². The van der Waals surface area contributed by atoms with Gasteiger partial charge in [-0.25, -0.2) is 0 Å². The summed E-state index contributed by atoms with van der Waals surface area (Å²) in [7, 11) is 3.68. The lowest BCUT2D eigenvalue weighted by Crippen LogP contribution is -2.13. The Morgan fingerprint density at radius 1 is 1.47 bits per heavy atom. The van der Waals surface area contributed by atoms with Crippen LogP contribution in [0.25, 0.3) is 0 Å². The Hall–Kier alpha value is -1.12. The standard InChI is InChI=1S/C13H19NO/c1-4-6-13(14-2)12-8-5-7-11(9-12)10-15-3/h4-9,13-14H,10H2,1-3H3/b6-4-. The molecule has 0 fully saturated rings. The second-order valence-corrected chi connectivity index (χ2v) is 3.47. The van der Waals surface area contributed by atoms with Crippen LogP contribution in [0.4, 0.5) is 0 Å². The number of rotatable bonds is 5. The third-order valence-electron chi connectivity index (χ3n) is 2.32. The fraction of sp³-hybridized carbons (Fsp3) is 0.385. The van der Waals surface area contributed by atoms with Gasteiger partial charge in [0.2, 0.25) is 0 Å². The second-order valence-electron chi connectivity index (χ2n) is 3.47. The van der Waals surface area contributed by atoms with Crippen LogP contribution in [0.3, 0.4) is 0 Å². The lowest BCUT2D eigenvalue weighted by Gasteiger charge is -2.13. The predicted molar refractivity (Wildman–Crippen MR) is 63.8 cm³/mol. The summed E-state index contributed by atoms with van der Waals surface area (Å²) < 4.78 is 5.12. The lowest BCUT2D eigenvalue weighted by molar-refractivity contribution is 0.185. The third-order valence-corrected chi connectivity index (χ3v) is 2.32. The quantitative estimate of drug-likeness (QED) is 0.746. The summed E-state index contributed by atoms with van der Waals surface area (Å²) in [6.45, 7) is 2.70. The van der Waals surface area contributed by atoms with Gasteiger partial charge in [-0.2, -0.15) is 0 Å². The number of ether oxygens (including phenoxy) is 1. The van der Waals surface area contributed by atoms with Crippen LogP contribution < -0.4 is 5.32 Å². The molecular weight excluding hydrogens is 186 g/mol. The number of likely N-dealkylation sites (N-methyl/N-ethyl adjacent to an activating group) is 1. The highest BCUT2D eigenvalue weighted by molar-refractivity contribution is 5.28. The SMILES string of the molecule is C/C=C\C(NC)c1cccc(COC)c1. The monoisotopic (exact) mass is 205 g/mol. The molecule has 0 amide bonds. The van der Waals surface area contributed by atoms with Crippen molar-refractivity contribution in [2.75, 3.05) is 14.2 Å². The topological polar surface area (TPSA) is 21.3 Å². The van der Waals surface area contributed by atoms with E-state index >= 15 is 0 Å². The van der Waals surface area contributed by atoms with Gasteiger partial charge in [-0.15, -0.1) is 0 Å². The van der Waals surface area contributed by atoms with Gasteiger partial charge in [0.1, 0.15) is 0 Å². The molecule has 0 radical (unpaired) electrons. The summed E-state index contributed by atoms with van der Waals surface area (Å²) in [6.07, 6.45) is 4.20. The summed E-state index contributed by atoms with van der Waals surface area (Å²) in [6, 6.07) is 8.73. The molecule has 1 unspecified atom stereocenters. The molecule has 1 N–H and O–H groups in total. The maximum Gasteiger partial charge on any atom is 0.0713 e. The van der Waals surface area contributed by atoms with E-state index in [0.29, 0.717) is 6.61 Å². The Morgan fingerprint density at radius 2 is 2.27 bits per heavy atom. The van der Waals surface area contributed by atoms with Crippen molar-refractivity contribution in [1.82, 2.24) is 5.32 Å². The smallest absolute Gasteiger partial charge is 0.0713 e. The van der Waals surface area contributed by atoms with Crippen molar-refractivity contribution in [2.24, 2.45) is 0 Å². The Morgan fingerprint density at radius 3 is 2.87 bits per heavy atom. The minimum absolute atomic E-state index is 0.284. The number of allylic oxidation sites excluding steroid dienone is 1. The minimum atomic E-state index is 0.284. The van der Waals surface area contributed by atoms with Gasteiger partial charge in [0.05, 0.1) is 12.6 Å². The minimum Gasteiger partial charge on any atom is -0.380 e. The molecule has 0 heterocycles. The summed E-state index contributed by atoms with van der Waals surface area (Å²) >= 11 is 0. The molecule has 0 aromatic heterocycles. The number of hydrogen-bond donors (Lipinski definition) is 1. The van der Waals surface area contributed by atoms with E-state index in [-0.39, 0.29) is 6.04 Å². The van der Waals surface area contributed by atoms with E-state index in [1.54, 1.807) is 7.11 Å². The van der Waals surface area contributed by atoms with Crippen LogP contribution in [0.5, 0.6) is 0 Å². The van der Waals surface area contributed by atoms with Crippen LogP contribution in [0, 0.1) is 0 Å². The molecule has 0 bridgehead atoms. The number of methoxy groups -OCH3 is 1. The van der Waals surface area contributed by atoms with Crippen LogP contribution in [-0.2, 0) is 11.3 Å². The Bertz CT molecular complexity index is 320. The zero-order valence-corrected chi connectivity index (χ0v) is 9.66.